The molecule has 2 N–H and O–H groups in total. The molecule has 0 aliphatic carbocycles. The van der Waals surface area contributed by atoms with E-state index in [0.717, 1.165) is 0 Å². The highest BCUT2D eigenvalue weighted by Crippen LogP contribution is 2.29. The van der Waals surface area contributed by atoms with Crippen molar-refractivity contribution >= 4 is 0 Å². The van der Waals surface area contributed by atoms with Gasteiger partial charge in [-0.1, -0.05) is 26.7 Å². The Balaban J connectivity index is 2.54. The maximum absolute atomic E-state index is 3.91. The average Bonchev–Trinajstić information content (AvgIpc) is 2.19. The van der Waals surface area contributed by atoms with E-state index in [1.54, 1.807) is 0 Å². The molecule has 0 amide bonds. The molecule has 1 rings (SSSR count). The van der Waals surface area contributed by atoms with Gasteiger partial charge in [-0.2, -0.15) is 0 Å². The number of unbranched alkanes of at least 4 members (excludes halogenated alkanes) is 1. The van der Waals surface area contributed by atoms with Crippen LogP contribution in [-0.4, -0.2) is 23.2 Å². The lowest BCUT2D eigenvalue weighted by Crippen LogP contribution is -2.62. The van der Waals surface area contributed by atoms with Crippen molar-refractivity contribution in [2.24, 2.45) is 0 Å². The fourth-order valence-electron chi connectivity index (χ4n) is 3.63. The van der Waals surface area contributed by atoms with Gasteiger partial charge in [0.15, 0.2) is 0 Å². The number of nitrogens with one attached hydrogen (secondary N) is 2. The third-order valence-corrected chi connectivity index (χ3v) is 4.06. The molecule has 1 heterocycles. The zero-order valence-corrected chi connectivity index (χ0v) is 13.4. The Morgan fingerprint density at radius 1 is 1.11 bits per heavy atom. The summed E-state index contributed by atoms with van der Waals surface area (Å²) in [6, 6.07) is 1.37. The highest BCUT2D eigenvalue weighted by molar-refractivity contribution is 5.00. The number of hydrogen-bond acceptors (Lipinski definition) is 2. The monoisotopic (exact) mass is 254 g/mol. The highest BCUT2D eigenvalue weighted by Gasteiger charge is 2.37. The van der Waals surface area contributed by atoms with Gasteiger partial charge in [-0.15, -0.1) is 0 Å². The summed E-state index contributed by atoms with van der Waals surface area (Å²) >= 11 is 0. The van der Waals surface area contributed by atoms with Crippen molar-refractivity contribution in [1.82, 2.24) is 10.6 Å². The first-order valence-corrected chi connectivity index (χ1v) is 7.83. The van der Waals surface area contributed by atoms with E-state index in [-0.39, 0.29) is 11.1 Å². The van der Waals surface area contributed by atoms with Gasteiger partial charge in [0.1, 0.15) is 0 Å². The first-order chi connectivity index (χ1) is 8.28. The maximum Gasteiger partial charge on any atom is 0.0144 e. The summed E-state index contributed by atoms with van der Waals surface area (Å²) in [5, 5.41) is 7.67. The Hall–Kier alpha value is -0.0800. The lowest BCUT2D eigenvalue weighted by Gasteiger charge is -2.47. The van der Waals surface area contributed by atoms with E-state index in [2.05, 4.69) is 52.2 Å². The van der Waals surface area contributed by atoms with Crippen molar-refractivity contribution in [2.75, 3.05) is 0 Å². The Morgan fingerprint density at radius 2 is 1.67 bits per heavy atom. The molecule has 2 heteroatoms. The molecule has 0 spiro atoms. The van der Waals surface area contributed by atoms with Gasteiger partial charge in [-0.3, -0.25) is 0 Å². The van der Waals surface area contributed by atoms with E-state index < -0.39 is 0 Å². The molecule has 18 heavy (non-hydrogen) atoms. The van der Waals surface area contributed by atoms with Gasteiger partial charge < -0.3 is 10.6 Å². The number of piperidine rings is 1. The number of rotatable bonds is 6. The van der Waals surface area contributed by atoms with Crippen LogP contribution in [0.25, 0.3) is 0 Å². The van der Waals surface area contributed by atoms with Crippen LogP contribution in [0.2, 0.25) is 0 Å². The second-order valence-electron chi connectivity index (χ2n) is 7.41. The third-order valence-electron chi connectivity index (χ3n) is 4.06. The van der Waals surface area contributed by atoms with Crippen molar-refractivity contribution < 1.29 is 0 Å². The topological polar surface area (TPSA) is 24.1 Å². The second-order valence-corrected chi connectivity index (χ2v) is 7.41. The smallest absolute Gasteiger partial charge is 0.0144 e. The highest BCUT2D eigenvalue weighted by atomic mass is 15.1. The van der Waals surface area contributed by atoms with E-state index in [1.807, 2.05) is 0 Å². The van der Waals surface area contributed by atoms with Gasteiger partial charge in [-0.05, 0) is 53.4 Å². The molecule has 0 aromatic heterocycles. The zero-order valence-electron chi connectivity index (χ0n) is 13.4. The van der Waals surface area contributed by atoms with E-state index in [1.165, 1.54) is 38.5 Å². The van der Waals surface area contributed by atoms with E-state index in [0.29, 0.717) is 12.1 Å². The second kappa shape index (κ2) is 6.38. The predicted octanol–water partition coefficient (Wildman–Crippen LogP) is 3.85. The van der Waals surface area contributed by atoms with E-state index in [9.17, 15) is 0 Å². The van der Waals surface area contributed by atoms with Gasteiger partial charge >= 0.3 is 0 Å². The van der Waals surface area contributed by atoms with Crippen molar-refractivity contribution in [1.29, 1.82) is 0 Å². The van der Waals surface area contributed by atoms with Crippen molar-refractivity contribution in [3.63, 3.8) is 0 Å². The van der Waals surface area contributed by atoms with Crippen molar-refractivity contribution in [3.8, 4) is 0 Å². The van der Waals surface area contributed by atoms with Gasteiger partial charge in [-0.25, -0.2) is 0 Å². The fraction of sp³-hybridized carbons (Fsp3) is 1.00. The van der Waals surface area contributed by atoms with Crippen LogP contribution >= 0.6 is 0 Å². The fourth-order valence-corrected chi connectivity index (χ4v) is 3.63. The molecule has 0 saturated carbocycles. The first-order valence-electron chi connectivity index (χ1n) is 7.83. The molecule has 0 bridgehead atoms. The standard InChI is InChI=1S/C16H34N2/c1-7-9-10-13(8-2)17-14-11-15(3,4)18-16(5,6)12-14/h13-14,17-18H,7-12H2,1-6H3. The Bertz CT molecular complexity index is 229. The molecule has 1 fully saturated rings. The van der Waals surface area contributed by atoms with E-state index in [4.69, 9.17) is 0 Å². The Kier molecular flexibility index (Phi) is 5.67. The van der Waals surface area contributed by atoms with Gasteiger partial charge in [0, 0.05) is 23.2 Å². The molecule has 108 valence electrons. The summed E-state index contributed by atoms with van der Waals surface area (Å²) in [4.78, 5) is 0. The van der Waals surface area contributed by atoms with Crippen LogP contribution in [0.5, 0.6) is 0 Å². The number of hydrogen-bond donors (Lipinski definition) is 2. The minimum absolute atomic E-state index is 0.252. The van der Waals surface area contributed by atoms with Gasteiger partial charge in [0.25, 0.3) is 0 Å². The minimum atomic E-state index is 0.252. The largest absolute Gasteiger partial charge is 0.311 e. The minimum Gasteiger partial charge on any atom is -0.311 e. The average molecular weight is 254 g/mol. The van der Waals surface area contributed by atoms with Gasteiger partial charge in [0.2, 0.25) is 0 Å². The third kappa shape index (κ3) is 5.27. The molecule has 1 saturated heterocycles. The summed E-state index contributed by atoms with van der Waals surface area (Å²) in [7, 11) is 0. The molecule has 2 nitrogen and oxygen atoms in total. The summed E-state index contributed by atoms with van der Waals surface area (Å²) in [5.41, 5.74) is 0.505. The normalized spacial score (nSPS) is 25.0. The zero-order chi connectivity index (χ0) is 13.8. The summed E-state index contributed by atoms with van der Waals surface area (Å²) in [5.74, 6) is 0. The summed E-state index contributed by atoms with van der Waals surface area (Å²) < 4.78 is 0. The quantitative estimate of drug-likeness (QED) is 0.752. The molecular weight excluding hydrogens is 220 g/mol. The summed E-state index contributed by atoms with van der Waals surface area (Å²) in [6.45, 7) is 13.9. The van der Waals surface area contributed by atoms with Crippen LogP contribution in [0.15, 0.2) is 0 Å². The van der Waals surface area contributed by atoms with Crippen LogP contribution in [-0.2, 0) is 0 Å². The molecule has 1 aliphatic heterocycles. The van der Waals surface area contributed by atoms with Crippen LogP contribution in [0.4, 0.5) is 0 Å². The molecule has 1 atom stereocenters. The molecule has 0 aromatic carbocycles. The van der Waals surface area contributed by atoms with Crippen LogP contribution in [0.1, 0.15) is 80.1 Å². The first kappa shape index (κ1) is 16.0. The lowest BCUT2D eigenvalue weighted by molar-refractivity contribution is 0.137. The van der Waals surface area contributed by atoms with Crippen LogP contribution in [0, 0.1) is 0 Å². The van der Waals surface area contributed by atoms with Crippen LogP contribution in [0.3, 0.4) is 0 Å². The van der Waals surface area contributed by atoms with E-state index >= 15 is 0 Å². The summed E-state index contributed by atoms with van der Waals surface area (Å²) in [6.07, 6.45) is 7.71. The molecule has 0 radical (unpaired) electrons. The SMILES string of the molecule is CCCCC(CC)NC1CC(C)(C)NC(C)(C)C1. The van der Waals surface area contributed by atoms with Crippen molar-refractivity contribution in [2.45, 2.75) is 103 Å². The Morgan fingerprint density at radius 3 is 2.11 bits per heavy atom. The predicted molar refractivity (Wildman–Crippen MR) is 81.1 cm³/mol. The molecule has 1 aliphatic rings. The maximum atomic E-state index is 3.91. The van der Waals surface area contributed by atoms with Crippen molar-refractivity contribution in [3.05, 3.63) is 0 Å². The molecular formula is C16H34N2. The van der Waals surface area contributed by atoms with Crippen LogP contribution < -0.4 is 10.6 Å². The molecule has 1 unspecified atom stereocenters. The van der Waals surface area contributed by atoms with Gasteiger partial charge in [0.05, 0.1) is 0 Å². The lowest BCUT2D eigenvalue weighted by atomic mass is 9.79. The molecule has 0 aromatic rings. The Labute approximate surface area is 114 Å².